The molecule has 1 amide bonds. The largest absolute Gasteiger partial charge is 0.326 e. The van der Waals surface area contributed by atoms with E-state index in [2.05, 4.69) is 26.2 Å². The third-order valence-electron chi connectivity index (χ3n) is 3.50. The Morgan fingerprint density at radius 1 is 1.45 bits per heavy atom. The number of hydrogen-bond acceptors (Lipinski definition) is 5. The number of nitrogens with one attached hydrogen (secondary N) is 2. The number of anilines is 1. The van der Waals surface area contributed by atoms with Crippen LogP contribution in [-0.2, 0) is 4.79 Å². The standard InChI is InChI=1S/C14H17ClN6O/c1-16-7-6-13(22)17-10-4-5-11(15)12(8-10)21-14(9-2-3-9)18-19-20-21/h4-5,8-9,16H,2-3,6-7H2,1H3,(H,17,22). The quantitative estimate of drug-likeness (QED) is 0.847. The van der Waals surface area contributed by atoms with Gasteiger partial charge in [-0.05, 0) is 48.5 Å². The number of benzene rings is 1. The molecule has 116 valence electrons. The minimum atomic E-state index is -0.0539. The highest BCUT2D eigenvalue weighted by atomic mass is 35.5. The Bertz CT molecular complexity index is 682. The highest BCUT2D eigenvalue weighted by molar-refractivity contribution is 6.32. The lowest BCUT2D eigenvalue weighted by atomic mass is 10.2. The van der Waals surface area contributed by atoms with E-state index in [1.54, 1.807) is 22.9 Å². The maximum absolute atomic E-state index is 11.8. The van der Waals surface area contributed by atoms with E-state index >= 15 is 0 Å². The maximum Gasteiger partial charge on any atom is 0.225 e. The number of rotatable bonds is 6. The van der Waals surface area contributed by atoms with Gasteiger partial charge in [0.2, 0.25) is 5.91 Å². The SMILES string of the molecule is CNCCC(=O)Nc1ccc(Cl)c(-n2nnnc2C2CC2)c1. The number of aromatic nitrogens is 4. The summed E-state index contributed by atoms with van der Waals surface area (Å²) in [6.45, 7) is 0.630. The Kier molecular flexibility index (Phi) is 4.35. The molecule has 1 aliphatic rings. The summed E-state index contributed by atoms with van der Waals surface area (Å²) in [5.74, 6) is 1.17. The Morgan fingerprint density at radius 3 is 3.00 bits per heavy atom. The lowest BCUT2D eigenvalue weighted by Crippen LogP contribution is -2.18. The van der Waals surface area contributed by atoms with Crippen molar-refractivity contribution in [1.29, 1.82) is 0 Å². The minimum absolute atomic E-state index is 0.0539. The van der Waals surface area contributed by atoms with Gasteiger partial charge in [-0.2, -0.15) is 4.68 Å². The number of halogens is 1. The first kappa shape index (κ1) is 14.9. The zero-order valence-corrected chi connectivity index (χ0v) is 13.0. The van der Waals surface area contributed by atoms with Gasteiger partial charge in [-0.25, -0.2) is 0 Å². The molecule has 0 unspecified atom stereocenters. The van der Waals surface area contributed by atoms with Gasteiger partial charge in [-0.1, -0.05) is 11.6 Å². The first-order valence-corrected chi connectivity index (χ1v) is 7.59. The molecular formula is C14H17ClN6O. The maximum atomic E-state index is 11.8. The van der Waals surface area contributed by atoms with Crippen LogP contribution in [0.4, 0.5) is 5.69 Å². The van der Waals surface area contributed by atoms with Gasteiger partial charge in [-0.15, -0.1) is 5.10 Å². The van der Waals surface area contributed by atoms with Gasteiger partial charge in [0.05, 0.1) is 10.7 Å². The molecule has 1 aromatic heterocycles. The van der Waals surface area contributed by atoms with Crippen molar-refractivity contribution in [3.8, 4) is 5.69 Å². The van der Waals surface area contributed by atoms with Crippen LogP contribution in [0.1, 0.15) is 31.0 Å². The van der Waals surface area contributed by atoms with E-state index in [1.165, 1.54) is 0 Å². The minimum Gasteiger partial charge on any atom is -0.326 e. The molecule has 3 rings (SSSR count). The molecule has 0 radical (unpaired) electrons. The fourth-order valence-electron chi connectivity index (χ4n) is 2.18. The first-order chi connectivity index (χ1) is 10.7. The number of amides is 1. The molecular weight excluding hydrogens is 304 g/mol. The van der Waals surface area contributed by atoms with E-state index in [1.807, 2.05) is 7.05 Å². The molecule has 0 spiro atoms. The van der Waals surface area contributed by atoms with Gasteiger partial charge < -0.3 is 10.6 Å². The van der Waals surface area contributed by atoms with E-state index in [-0.39, 0.29) is 5.91 Å². The lowest BCUT2D eigenvalue weighted by molar-refractivity contribution is -0.116. The summed E-state index contributed by atoms with van der Waals surface area (Å²) in [7, 11) is 1.81. The van der Waals surface area contributed by atoms with Crippen molar-refractivity contribution >= 4 is 23.2 Å². The van der Waals surface area contributed by atoms with Crippen LogP contribution in [0.5, 0.6) is 0 Å². The Morgan fingerprint density at radius 2 is 2.27 bits per heavy atom. The zero-order chi connectivity index (χ0) is 15.5. The van der Waals surface area contributed by atoms with Crippen molar-refractivity contribution in [3.05, 3.63) is 29.0 Å². The molecule has 2 aromatic rings. The van der Waals surface area contributed by atoms with Crippen molar-refractivity contribution in [1.82, 2.24) is 25.5 Å². The molecule has 0 bridgehead atoms. The Hall–Kier alpha value is -1.99. The topological polar surface area (TPSA) is 84.7 Å². The predicted molar refractivity (Wildman–Crippen MR) is 83.3 cm³/mol. The third kappa shape index (κ3) is 3.26. The van der Waals surface area contributed by atoms with Gasteiger partial charge in [-0.3, -0.25) is 4.79 Å². The summed E-state index contributed by atoms with van der Waals surface area (Å²) < 4.78 is 1.66. The van der Waals surface area contributed by atoms with Gasteiger partial charge in [0, 0.05) is 24.6 Å². The van der Waals surface area contributed by atoms with E-state index in [4.69, 9.17) is 11.6 Å². The van der Waals surface area contributed by atoms with E-state index in [0.29, 0.717) is 35.3 Å². The summed E-state index contributed by atoms with van der Waals surface area (Å²) in [5.41, 5.74) is 1.36. The van der Waals surface area contributed by atoms with Crippen molar-refractivity contribution in [2.45, 2.75) is 25.2 Å². The average Bonchev–Trinajstić information content (AvgIpc) is 3.24. The summed E-state index contributed by atoms with van der Waals surface area (Å²) in [6.07, 6.45) is 2.60. The lowest BCUT2D eigenvalue weighted by Gasteiger charge is -2.10. The normalized spacial score (nSPS) is 14.1. The van der Waals surface area contributed by atoms with Crippen LogP contribution in [0.15, 0.2) is 18.2 Å². The van der Waals surface area contributed by atoms with Crippen LogP contribution >= 0.6 is 11.6 Å². The number of nitrogens with zero attached hydrogens (tertiary/aromatic N) is 4. The third-order valence-corrected chi connectivity index (χ3v) is 3.82. The number of carbonyl (C=O) groups is 1. The van der Waals surface area contributed by atoms with Gasteiger partial charge in [0.1, 0.15) is 0 Å². The van der Waals surface area contributed by atoms with Gasteiger partial charge in [0.25, 0.3) is 0 Å². The summed E-state index contributed by atoms with van der Waals surface area (Å²) in [4.78, 5) is 11.8. The van der Waals surface area contributed by atoms with Crippen molar-refractivity contribution in [2.24, 2.45) is 0 Å². The molecule has 0 aliphatic heterocycles. The molecule has 2 N–H and O–H groups in total. The molecule has 1 fully saturated rings. The van der Waals surface area contributed by atoms with Crippen LogP contribution < -0.4 is 10.6 Å². The fraction of sp³-hybridized carbons (Fsp3) is 0.429. The molecule has 0 atom stereocenters. The van der Waals surface area contributed by atoms with Crippen LogP contribution in [0.3, 0.4) is 0 Å². The first-order valence-electron chi connectivity index (χ1n) is 7.21. The monoisotopic (exact) mass is 320 g/mol. The van der Waals surface area contributed by atoms with E-state index in [0.717, 1.165) is 18.7 Å². The van der Waals surface area contributed by atoms with Crippen molar-refractivity contribution in [3.63, 3.8) is 0 Å². The van der Waals surface area contributed by atoms with Crippen LogP contribution in [0, 0.1) is 0 Å². The van der Waals surface area contributed by atoms with Crippen LogP contribution in [-0.4, -0.2) is 39.7 Å². The molecule has 22 heavy (non-hydrogen) atoms. The van der Waals surface area contributed by atoms with E-state index < -0.39 is 0 Å². The molecule has 8 heteroatoms. The average molecular weight is 321 g/mol. The molecule has 0 saturated heterocycles. The highest BCUT2D eigenvalue weighted by Crippen LogP contribution is 2.39. The zero-order valence-electron chi connectivity index (χ0n) is 12.2. The van der Waals surface area contributed by atoms with E-state index in [9.17, 15) is 4.79 Å². The summed E-state index contributed by atoms with van der Waals surface area (Å²) >= 11 is 6.27. The second-order valence-corrected chi connectivity index (χ2v) is 5.70. The second kappa shape index (κ2) is 6.41. The van der Waals surface area contributed by atoms with Gasteiger partial charge in [0.15, 0.2) is 5.82 Å². The molecule has 7 nitrogen and oxygen atoms in total. The smallest absolute Gasteiger partial charge is 0.225 e. The summed E-state index contributed by atoms with van der Waals surface area (Å²) in [6, 6.07) is 5.30. The molecule has 1 aromatic carbocycles. The fourth-order valence-corrected chi connectivity index (χ4v) is 2.37. The molecule has 1 aliphatic carbocycles. The Labute approximate surface area is 133 Å². The molecule has 1 heterocycles. The highest BCUT2D eigenvalue weighted by Gasteiger charge is 2.30. The Balaban J connectivity index is 1.83. The molecule has 1 saturated carbocycles. The van der Waals surface area contributed by atoms with Crippen molar-refractivity contribution in [2.75, 3.05) is 18.9 Å². The number of tetrazole rings is 1. The summed E-state index contributed by atoms with van der Waals surface area (Å²) in [5, 5.41) is 18.2. The predicted octanol–water partition coefficient (Wildman–Crippen LogP) is 1.74. The van der Waals surface area contributed by atoms with Crippen LogP contribution in [0.25, 0.3) is 5.69 Å². The number of carbonyl (C=O) groups excluding carboxylic acids is 1. The van der Waals surface area contributed by atoms with Crippen LogP contribution in [0.2, 0.25) is 5.02 Å². The van der Waals surface area contributed by atoms with Gasteiger partial charge >= 0.3 is 0 Å². The second-order valence-electron chi connectivity index (χ2n) is 5.29. The van der Waals surface area contributed by atoms with Crippen molar-refractivity contribution < 1.29 is 4.79 Å². The number of hydrogen-bond donors (Lipinski definition) is 2.